The maximum atomic E-state index is 11.1. The van der Waals surface area contributed by atoms with Crippen LogP contribution in [0.4, 0.5) is 0 Å². The normalized spacial score (nSPS) is 11.7. The number of hydrogen-bond acceptors (Lipinski definition) is 4. The third-order valence-corrected chi connectivity index (χ3v) is 3.45. The van der Waals surface area contributed by atoms with Crippen LogP contribution in [-0.2, 0) is 4.89 Å². The molecule has 0 spiro atoms. The molecule has 0 aromatic heterocycles. The molecule has 0 saturated heterocycles. The van der Waals surface area contributed by atoms with Gasteiger partial charge in [-0.1, -0.05) is 43.7 Å². The highest BCUT2D eigenvalue weighted by Crippen LogP contribution is 2.19. The molecule has 0 aliphatic heterocycles. The summed E-state index contributed by atoms with van der Waals surface area (Å²) >= 11 is 0. The van der Waals surface area contributed by atoms with Gasteiger partial charge < -0.3 is 14.7 Å². The lowest BCUT2D eigenvalue weighted by atomic mass is 10.2. The summed E-state index contributed by atoms with van der Waals surface area (Å²) < 4.78 is 5.91. The van der Waals surface area contributed by atoms with E-state index in [1.165, 1.54) is 6.07 Å². The smallest absolute Gasteiger partial charge is 0.339 e. The minimum absolute atomic E-state index is 0.0617. The molecule has 0 radical (unpaired) electrons. The zero-order valence-corrected chi connectivity index (χ0v) is 13.7. The van der Waals surface area contributed by atoms with Crippen molar-refractivity contribution in [3.63, 3.8) is 0 Å². The molecule has 0 amide bonds. The van der Waals surface area contributed by atoms with Crippen molar-refractivity contribution >= 4 is 5.97 Å². The number of carbonyl (C=O) groups is 1. The van der Waals surface area contributed by atoms with Crippen LogP contribution in [0.25, 0.3) is 0 Å². The first kappa shape index (κ1) is 17.8. The maximum Gasteiger partial charge on any atom is 0.339 e. The zero-order valence-electron chi connectivity index (χ0n) is 13.7. The first-order valence-corrected chi connectivity index (χ1v) is 8.04. The summed E-state index contributed by atoms with van der Waals surface area (Å²) in [6, 6.07) is 15.9. The van der Waals surface area contributed by atoms with E-state index in [9.17, 15) is 4.79 Å². The molecule has 24 heavy (non-hydrogen) atoms. The zero-order chi connectivity index (χ0) is 17.2. The Kier molecular flexibility index (Phi) is 7.11. The second-order valence-corrected chi connectivity index (χ2v) is 5.36. The topological polar surface area (TPSA) is 65.0 Å². The number of aromatic carboxylic acids is 1. The van der Waals surface area contributed by atoms with Crippen molar-refractivity contribution in [1.82, 2.24) is 0 Å². The molecule has 0 bridgehead atoms. The third-order valence-electron chi connectivity index (χ3n) is 3.45. The summed E-state index contributed by atoms with van der Waals surface area (Å²) in [7, 11) is 0. The van der Waals surface area contributed by atoms with Crippen molar-refractivity contribution in [3.8, 4) is 11.5 Å². The summed E-state index contributed by atoms with van der Waals surface area (Å²) in [4.78, 5) is 21.6. The predicted octanol–water partition coefficient (Wildman–Crippen LogP) is 4.33. The summed E-state index contributed by atoms with van der Waals surface area (Å²) in [5, 5.41) is 9.12. The van der Waals surface area contributed by atoms with Crippen LogP contribution in [0.1, 0.15) is 36.5 Å². The van der Waals surface area contributed by atoms with E-state index in [0.717, 1.165) is 25.0 Å². The van der Waals surface area contributed by atoms with Crippen LogP contribution in [0, 0.1) is 0 Å². The molecule has 1 N–H and O–H groups in total. The van der Waals surface area contributed by atoms with Gasteiger partial charge in [0.2, 0.25) is 0 Å². The van der Waals surface area contributed by atoms with E-state index < -0.39 is 5.97 Å². The lowest BCUT2D eigenvalue weighted by Gasteiger charge is -2.18. The van der Waals surface area contributed by atoms with Gasteiger partial charge in [-0.05, 0) is 37.1 Å². The first-order chi connectivity index (χ1) is 11.7. The highest BCUT2D eigenvalue weighted by atomic mass is 17.2. The van der Waals surface area contributed by atoms with Crippen LogP contribution in [0.2, 0.25) is 0 Å². The number of carboxylic acid groups (broad SMARTS) is 1. The van der Waals surface area contributed by atoms with Crippen LogP contribution in [0.5, 0.6) is 11.5 Å². The van der Waals surface area contributed by atoms with Gasteiger partial charge in [0.05, 0.1) is 0 Å². The van der Waals surface area contributed by atoms with Gasteiger partial charge in [-0.2, -0.15) is 4.89 Å². The molecule has 2 rings (SSSR count). The Morgan fingerprint density at radius 3 is 2.50 bits per heavy atom. The lowest BCUT2D eigenvalue weighted by Crippen LogP contribution is -2.24. The molecule has 5 nitrogen and oxygen atoms in total. The van der Waals surface area contributed by atoms with Crippen LogP contribution in [0.3, 0.4) is 0 Å². The third kappa shape index (κ3) is 5.59. The number of para-hydroxylation sites is 2. The quantitative estimate of drug-likeness (QED) is 0.519. The van der Waals surface area contributed by atoms with Gasteiger partial charge in [0.25, 0.3) is 0 Å². The van der Waals surface area contributed by atoms with Gasteiger partial charge in [0, 0.05) is 0 Å². The van der Waals surface area contributed by atoms with Crippen molar-refractivity contribution in [3.05, 3.63) is 60.2 Å². The van der Waals surface area contributed by atoms with E-state index in [1.807, 2.05) is 30.3 Å². The van der Waals surface area contributed by atoms with E-state index in [-0.39, 0.29) is 24.0 Å². The number of benzene rings is 2. The average Bonchev–Trinajstić information content (AvgIpc) is 2.60. The molecule has 2 aromatic carbocycles. The SMILES string of the molecule is CCCCC(COOc1ccccc1C(=O)O)Oc1ccccc1. The number of hydrogen-bond donors (Lipinski definition) is 1. The van der Waals surface area contributed by atoms with Crippen LogP contribution < -0.4 is 9.62 Å². The molecular formula is C19H22O5. The molecule has 5 heteroatoms. The highest BCUT2D eigenvalue weighted by Gasteiger charge is 2.14. The molecule has 128 valence electrons. The Labute approximate surface area is 141 Å². The largest absolute Gasteiger partial charge is 0.488 e. The standard InChI is InChI=1S/C19H22O5/c1-2-3-9-16(23-15-10-5-4-6-11-15)14-22-24-18-13-8-7-12-17(18)19(20)21/h4-8,10-13,16H,2-3,9,14H2,1H3,(H,20,21). The van der Waals surface area contributed by atoms with Gasteiger partial charge in [-0.25, -0.2) is 4.79 Å². The first-order valence-electron chi connectivity index (χ1n) is 8.04. The van der Waals surface area contributed by atoms with Crippen molar-refractivity contribution in [1.29, 1.82) is 0 Å². The van der Waals surface area contributed by atoms with Crippen molar-refractivity contribution in [2.45, 2.75) is 32.3 Å². The molecule has 1 unspecified atom stereocenters. The second kappa shape index (κ2) is 9.57. The fraction of sp³-hybridized carbons (Fsp3) is 0.316. The number of ether oxygens (including phenoxy) is 1. The fourth-order valence-electron chi connectivity index (χ4n) is 2.19. The fourth-order valence-corrected chi connectivity index (χ4v) is 2.19. The molecule has 0 fully saturated rings. The van der Waals surface area contributed by atoms with E-state index in [1.54, 1.807) is 18.2 Å². The van der Waals surface area contributed by atoms with Crippen molar-refractivity contribution < 1.29 is 24.4 Å². The summed E-state index contributed by atoms with van der Waals surface area (Å²) in [5.41, 5.74) is 0.0617. The van der Waals surface area contributed by atoms with Gasteiger partial charge in [0.15, 0.2) is 5.75 Å². The molecule has 2 aromatic rings. The van der Waals surface area contributed by atoms with Crippen LogP contribution in [-0.4, -0.2) is 23.8 Å². The maximum absolute atomic E-state index is 11.1. The lowest BCUT2D eigenvalue weighted by molar-refractivity contribution is -0.221. The van der Waals surface area contributed by atoms with Crippen molar-refractivity contribution in [2.24, 2.45) is 0 Å². The van der Waals surface area contributed by atoms with E-state index in [4.69, 9.17) is 19.6 Å². The number of rotatable bonds is 10. The monoisotopic (exact) mass is 330 g/mol. The van der Waals surface area contributed by atoms with Crippen LogP contribution >= 0.6 is 0 Å². The average molecular weight is 330 g/mol. The van der Waals surface area contributed by atoms with Gasteiger partial charge in [0.1, 0.15) is 24.0 Å². The Morgan fingerprint density at radius 1 is 1.08 bits per heavy atom. The summed E-state index contributed by atoms with van der Waals surface area (Å²) in [6.45, 7) is 2.32. The second-order valence-electron chi connectivity index (χ2n) is 5.36. The number of carboxylic acids is 1. The van der Waals surface area contributed by atoms with Gasteiger partial charge in [-0.15, -0.1) is 0 Å². The Bertz CT molecular complexity index is 627. The van der Waals surface area contributed by atoms with Crippen molar-refractivity contribution in [2.75, 3.05) is 6.61 Å². The molecule has 0 aliphatic rings. The van der Waals surface area contributed by atoms with E-state index >= 15 is 0 Å². The molecular weight excluding hydrogens is 308 g/mol. The van der Waals surface area contributed by atoms with Gasteiger partial charge in [-0.3, -0.25) is 0 Å². The number of unbranched alkanes of at least 4 members (excludes halogenated alkanes) is 1. The minimum Gasteiger partial charge on any atom is -0.488 e. The van der Waals surface area contributed by atoms with Gasteiger partial charge >= 0.3 is 5.97 Å². The Morgan fingerprint density at radius 2 is 1.79 bits per heavy atom. The molecule has 0 aliphatic carbocycles. The van der Waals surface area contributed by atoms with E-state index in [0.29, 0.717) is 0 Å². The molecule has 1 atom stereocenters. The highest BCUT2D eigenvalue weighted by molar-refractivity contribution is 5.90. The van der Waals surface area contributed by atoms with Crippen LogP contribution in [0.15, 0.2) is 54.6 Å². The van der Waals surface area contributed by atoms with E-state index in [2.05, 4.69) is 6.92 Å². The molecule has 0 heterocycles. The summed E-state index contributed by atoms with van der Waals surface area (Å²) in [6.07, 6.45) is 2.73. The Balaban J connectivity index is 1.92. The minimum atomic E-state index is -1.06. The Hall–Kier alpha value is -2.53. The molecule has 0 saturated carbocycles. The summed E-state index contributed by atoms with van der Waals surface area (Å²) in [5.74, 6) is -0.107. The predicted molar refractivity (Wildman–Crippen MR) is 90.4 cm³/mol.